The molecule has 29 heavy (non-hydrogen) atoms. The fourth-order valence-electron chi connectivity index (χ4n) is 4.52. The highest BCUT2D eigenvalue weighted by Gasteiger charge is 2.41. The number of benzene rings is 1. The molecule has 1 saturated carbocycles. The molecule has 7 heteroatoms. The quantitative estimate of drug-likeness (QED) is 0.805. The van der Waals surface area contributed by atoms with Gasteiger partial charge >= 0.3 is 0 Å². The van der Waals surface area contributed by atoms with Gasteiger partial charge in [-0.3, -0.25) is 9.48 Å². The predicted molar refractivity (Wildman–Crippen MR) is 110 cm³/mol. The maximum atomic E-state index is 13.3. The minimum Gasteiger partial charge on any atom is -0.497 e. The van der Waals surface area contributed by atoms with Crippen molar-refractivity contribution in [1.82, 2.24) is 20.0 Å². The van der Waals surface area contributed by atoms with Gasteiger partial charge < -0.3 is 19.7 Å². The molecule has 1 amide bonds. The number of nitrogens with zero attached hydrogens (tertiary/aromatic N) is 3. The van der Waals surface area contributed by atoms with E-state index in [4.69, 9.17) is 9.47 Å². The molecule has 2 aliphatic rings. The molecular formula is C22H30N4O3. The molecule has 1 N–H and O–H groups in total. The third-order valence-corrected chi connectivity index (χ3v) is 6.09. The molecule has 156 valence electrons. The minimum absolute atomic E-state index is 0.0114. The lowest BCUT2D eigenvalue weighted by Gasteiger charge is -2.31. The number of morpholine rings is 1. The minimum atomic E-state index is -0.0114. The van der Waals surface area contributed by atoms with Gasteiger partial charge in [0.05, 0.1) is 26.0 Å². The molecule has 1 saturated heterocycles. The van der Waals surface area contributed by atoms with Gasteiger partial charge in [-0.2, -0.15) is 5.10 Å². The summed E-state index contributed by atoms with van der Waals surface area (Å²) in [5.74, 6) is 1.30. The number of aromatic nitrogens is 2. The number of amides is 1. The zero-order valence-corrected chi connectivity index (χ0v) is 17.2. The van der Waals surface area contributed by atoms with E-state index in [2.05, 4.69) is 22.5 Å². The summed E-state index contributed by atoms with van der Waals surface area (Å²) in [6.07, 6.45) is 3.75. The van der Waals surface area contributed by atoms with Crippen LogP contribution >= 0.6 is 0 Å². The van der Waals surface area contributed by atoms with Crippen LogP contribution in [0.5, 0.6) is 5.75 Å². The summed E-state index contributed by atoms with van der Waals surface area (Å²) < 4.78 is 12.5. The normalized spacial score (nSPS) is 24.6. The number of methoxy groups -OCH3 is 1. The number of rotatable bonds is 6. The van der Waals surface area contributed by atoms with E-state index in [9.17, 15) is 4.79 Å². The third-order valence-electron chi connectivity index (χ3n) is 6.09. The Morgan fingerprint density at radius 3 is 2.62 bits per heavy atom. The van der Waals surface area contributed by atoms with Crippen molar-refractivity contribution >= 4 is 5.91 Å². The number of aryl methyl sites for hydroxylation is 1. The van der Waals surface area contributed by atoms with Crippen LogP contribution in [0.2, 0.25) is 0 Å². The van der Waals surface area contributed by atoms with E-state index in [1.807, 2.05) is 41.0 Å². The first kappa shape index (κ1) is 19.9. The van der Waals surface area contributed by atoms with Gasteiger partial charge in [-0.15, -0.1) is 0 Å². The Labute approximate surface area is 172 Å². The van der Waals surface area contributed by atoms with Crippen molar-refractivity contribution in [2.75, 3.05) is 33.4 Å². The van der Waals surface area contributed by atoms with Gasteiger partial charge in [0.2, 0.25) is 5.91 Å². The molecule has 0 radical (unpaired) electrons. The van der Waals surface area contributed by atoms with Crippen LogP contribution in [-0.4, -0.2) is 60.0 Å². The van der Waals surface area contributed by atoms with Crippen LogP contribution in [0.1, 0.15) is 30.0 Å². The molecule has 4 rings (SSSR count). The SMILES string of the molecule is COc1ccc([C@H]2C[C@H](NCc3ccn(C)n3)C[C@@H]2C(=O)N2CCOCC2)cc1. The smallest absolute Gasteiger partial charge is 0.226 e. The maximum Gasteiger partial charge on any atom is 0.226 e. The zero-order chi connectivity index (χ0) is 20.2. The van der Waals surface area contributed by atoms with Gasteiger partial charge in [0, 0.05) is 44.8 Å². The van der Waals surface area contributed by atoms with E-state index in [1.54, 1.807) is 7.11 Å². The zero-order valence-electron chi connectivity index (χ0n) is 17.2. The summed E-state index contributed by atoms with van der Waals surface area (Å²) in [7, 11) is 3.60. The van der Waals surface area contributed by atoms with Crippen LogP contribution in [0.25, 0.3) is 0 Å². The first-order valence-corrected chi connectivity index (χ1v) is 10.4. The lowest BCUT2D eigenvalue weighted by atomic mass is 9.88. The Hall–Kier alpha value is -2.38. The molecule has 0 unspecified atom stereocenters. The van der Waals surface area contributed by atoms with E-state index in [0.29, 0.717) is 32.3 Å². The molecule has 2 fully saturated rings. The van der Waals surface area contributed by atoms with Crippen LogP contribution in [0, 0.1) is 5.92 Å². The topological polar surface area (TPSA) is 68.6 Å². The largest absolute Gasteiger partial charge is 0.497 e. The first-order valence-electron chi connectivity index (χ1n) is 10.4. The predicted octanol–water partition coefficient (Wildman–Crippen LogP) is 1.94. The monoisotopic (exact) mass is 398 g/mol. The number of hydrogen-bond acceptors (Lipinski definition) is 5. The van der Waals surface area contributed by atoms with E-state index < -0.39 is 0 Å². The van der Waals surface area contributed by atoms with Crippen LogP contribution in [0.3, 0.4) is 0 Å². The van der Waals surface area contributed by atoms with Crippen molar-refractivity contribution in [2.45, 2.75) is 31.3 Å². The fraction of sp³-hybridized carbons (Fsp3) is 0.545. The first-order chi connectivity index (χ1) is 14.1. The highest BCUT2D eigenvalue weighted by atomic mass is 16.5. The van der Waals surface area contributed by atoms with Crippen molar-refractivity contribution in [2.24, 2.45) is 13.0 Å². The van der Waals surface area contributed by atoms with Gasteiger partial charge in [0.25, 0.3) is 0 Å². The Balaban J connectivity index is 1.49. The molecular weight excluding hydrogens is 368 g/mol. The van der Waals surface area contributed by atoms with Crippen LogP contribution in [0.15, 0.2) is 36.5 Å². The number of ether oxygens (including phenoxy) is 2. The van der Waals surface area contributed by atoms with E-state index in [0.717, 1.165) is 30.8 Å². The standard InChI is InChI=1S/C22H30N4O3/c1-25-8-7-17(24-25)15-23-18-13-20(16-3-5-19(28-2)6-4-16)21(14-18)22(27)26-9-11-29-12-10-26/h3-8,18,20-21,23H,9-15H2,1-2H3/t18-,20+,21-/m0/s1. The summed E-state index contributed by atoms with van der Waals surface area (Å²) in [5.41, 5.74) is 2.23. The van der Waals surface area contributed by atoms with Gasteiger partial charge in [0.1, 0.15) is 5.75 Å². The van der Waals surface area contributed by atoms with E-state index >= 15 is 0 Å². The molecule has 1 aromatic heterocycles. The fourth-order valence-corrected chi connectivity index (χ4v) is 4.52. The molecule has 0 bridgehead atoms. The van der Waals surface area contributed by atoms with Crippen LogP contribution in [-0.2, 0) is 23.1 Å². The van der Waals surface area contributed by atoms with Gasteiger partial charge in [-0.25, -0.2) is 0 Å². The summed E-state index contributed by atoms with van der Waals surface area (Å²) in [6.45, 7) is 3.37. The second kappa shape index (κ2) is 8.97. The van der Waals surface area contributed by atoms with Gasteiger partial charge in [0.15, 0.2) is 0 Å². The highest BCUT2D eigenvalue weighted by Crippen LogP contribution is 2.41. The second-order valence-electron chi connectivity index (χ2n) is 7.95. The molecule has 2 aromatic rings. The molecule has 7 nitrogen and oxygen atoms in total. The van der Waals surface area contributed by atoms with E-state index in [-0.39, 0.29) is 17.7 Å². The maximum absolute atomic E-state index is 13.3. The molecule has 2 heterocycles. The summed E-state index contributed by atoms with van der Waals surface area (Å²) >= 11 is 0. The third kappa shape index (κ3) is 4.62. The Morgan fingerprint density at radius 1 is 1.21 bits per heavy atom. The van der Waals surface area contributed by atoms with Crippen molar-refractivity contribution < 1.29 is 14.3 Å². The van der Waals surface area contributed by atoms with Gasteiger partial charge in [-0.1, -0.05) is 12.1 Å². The Bertz CT molecular complexity index is 814. The summed E-state index contributed by atoms with van der Waals surface area (Å²) in [5, 5.41) is 8.07. The van der Waals surface area contributed by atoms with Gasteiger partial charge in [-0.05, 0) is 42.5 Å². The van der Waals surface area contributed by atoms with Crippen LogP contribution < -0.4 is 10.1 Å². The second-order valence-corrected chi connectivity index (χ2v) is 7.95. The number of carbonyl (C=O) groups excluding carboxylic acids is 1. The van der Waals surface area contributed by atoms with Crippen LogP contribution in [0.4, 0.5) is 0 Å². The van der Waals surface area contributed by atoms with Crippen molar-refractivity contribution in [3.63, 3.8) is 0 Å². The number of carbonyl (C=O) groups is 1. The number of hydrogen-bond donors (Lipinski definition) is 1. The molecule has 1 aliphatic heterocycles. The molecule has 3 atom stereocenters. The lowest BCUT2D eigenvalue weighted by Crippen LogP contribution is -2.44. The summed E-state index contributed by atoms with van der Waals surface area (Å²) in [4.78, 5) is 15.3. The number of nitrogens with one attached hydrogen (secondary N) is 1. The average Bonchev–Trinajstić information content (AvgIpc) is 3.38. The highest BCUT2D eigenvalue weighted by molar-refractivity contribution is 5.80. The Kier molecular flexibility index (Phi) is 6.16. The van der Waals surface area contributed by atoms with Crippen molar-refractivity contribution in [1.29, 1.82) is 0 Å². The van der Waals surface area contributed by atoms with Crippen molar-refractivity contribution in [3.8, 4) is 5.75 Å². The summed E-state index contributed by atoms with van der Waals surface area (Å²) in [6, 6.07) is 10.5. The van der Waals surface area contributed by atoms with Crippen molar-refractivity contribution in [3.05, 3.63) is 47.8 Å². The lowest BCUT2D eigenvalue weighted by molar-refractivity contribution is -0.140. The molecule has 1 aromatic carbocycles. The Morgan fingerprint density at radius 2 is 1.97 bits per heavy atom. The average molecular weight is 399 g/mol. The van der Waals surface area contributed by atoms with E-state index in [1.165, 1.54) is 5.56 Å². The molecule has 1 aliphatic carbocycles. The molecule has 0 spiro atoms.